The zero-order chi connectivity index (χ0) is 16.0. The van der Waals surface area contributed by atoms with E-state index < -0.39 is 22.2 Å². The number of non-ortho nitro benzene ring substituents is 1. The summed E-state index contributed by atoms with van der Waals surface area (Å²) in [6.07, 6.45) is 0.243. The number of esters is 1. The largest absolute Gasteiger partial charge is 0.490 e. The molecule has 0 bridgehead atoms. The van der Waals surface area contributed by atoms with Gasteiger partial charge in [-0.2, -0.15) is 0 Å². The van der Waals surface area contributed by atoms with Crippen LogP contribution in [0.25, 0.3) is 0 Å². The molecule has 0 aromatic heterocycles. The molecule has 0 aliphatic carbocycles. The summed E-state index contributed by atoms with van der Waals surface area (Å²) < 4.78 is 23.5. The van der Waals surface area contributed by atoms with Crippen LogP contribution >= 0.6 is 0 Å². The molecule has 0 fully saturated rings. The van der Waals surface area contributed by atoms with E-state index in [4.69, 9.17) is 4.74 Å². The Morgan fingerprint density at radius 3 is 2.67 bits per heavy atom. The number of hydrogen-bond acceptors (Lipinski definition) is 6. The highest BCUT2D eigenvalue weighted by Crippen LogP contribution is 2.23. The van der Waals surface area contributed by atoms with E-state index in [1.165, 1.54) is 13.2 Å². The van der Waals surface area contributed by atoms with Crippen LogP contribution in [0.1, 0.15) is 13.3 Å². The van der Waals surface area contributed by atoms with Gasteiger partial charge in [0.1, 0.15) is 5.54 Å². The average Bonchev–Trinajstić information content (AvgIpc) is 2.47. The number of nitro groups is 1. The van der Waals surface area contributed by atoms with Crippen molar-refractivity contribution in [2.75, 3.05) is 20.8 Å². The van der Waals surface area contributed by atoms with Crippen molar-refractivity contribution in [2.45, 2.75) is 18.9 Å². The molecule has 7 nitrogen and oxygen atoms in total. The molecule has 0 saturated carbocycles. The number of nitrogens with zero attached hydrogens (tertiary/aromatic N) is 1. The maximum Gasteiger partial charge on any atom is 0.325 e. The van der Waals surface area contributed by atoms with Crippen LogP contribution in [0.2, 0.25) is 0 Å². The smallest absolute Gasteiger partial charge is 0.325 e. The van der Waals surface area contributed by atoms with Crippen molar-refractivity contribution in [3.63, 3.8) is 0 Å². The normalized spacial score (nSPS) is 13.3. The molecule has 1 atom stereocenters. The lowest BCUT2D eigenvalue weighted by molar-refractivity contribution is -0.385. The maximum atomic E-state index is 13.6. The van der Waals surface area contributed by atoms with Crippen LogP contribution in [0.3, 0.4) is 0 Å². The van der Waals surface area contributed by atoms with Gasteiger partial charge in [-0.1, -0.05) is 0 Å². The Morgan fingerprint density at radius 2 is 2.19 bits per heavy atom. The predicted octanol–water partition coefficient (Wildman–Crippen LogP) is 1.65. The molecule has 1 aromatic carbocycles. The number of carbonyl (C=O) groups excluding carboxylic acids is 1. The quantitative estimate of drug-likeness (QED) is 0.468. The van der Waals surface area contributed by atoms with E-state index in [2.05, 4.69) is 10.1 Å². The molecule has 0 saturated heterocycles. The van der Waals surface area contributed by atoms with Gasteiger partial charge >= 0.3 is 5.97 Å². The van der Waals surface area contributed by atoms with E-state index in [1.807, 2.05) is 0 Å². The molecule has 8 heteroatoms. The Labute approximate surface area is 121 Å². The van der Waals surface area contributed by atoms with E-state index in [-0.39, 0.29) is 24.5 Å². The van der Waals surface area contributed by atoms with E-state index in [0.717, 1.165) is 12.1 Å². The SMILES string of the molecule is CNC(C)(CCOc1ccc([N+](=O)[O-])cc1F)C(=O)OC. The fourth-order valence-electron chi connectivity index (χ4n) is 1.64. The van der Waals surface area contributed by atoms with Gasteiger partial charge < -0.3 is 14.8 Å². The minimum atomic E-state index is -0.952. The summed E-state index contributed by atoms with van der Waals surface area (Å²) in [6.45, 7) is 1.68. The Morgan fingerprint density at radius 1 is 1.52 bits per heavy atom. The minimum absolute atomic E-state index is 0.0428. The van der Waals surface area contributed by atoms with Crippen molar-refractivity contribution in [3.8, 4) is 5.75 Å². The van der Waals surface area contributed by atoms with E-state index in [9.17, 15) is 19.3 Å². The Kier molecular flexibility index (Phi) is 5.60. The van der Waals surface area contributed by atoms with Crippen molar-refractivity contribution in [3.05, 3.63) is 34.1 Å². The number of nitrogens with one attached hydrogen (secondary N) is 1. The van der Waals surface area contributed by atoms with Gasteiger partial charge in [0.15, 0.2) is 11.6 Å². The molecule has 0 aliphatic rings. The lowest BCUT2D eigenvalue weighted by atomic mass is 9.99. The summed E-state index contributed by atoms with van der Waals surface area (Å²) in [5, 5.41) is 13.3. The molecule has 1 rings (SSSR count). The van der Waals surface area contributed by atoms with E-state index in [1.54, 1.807) is 14.0 Å². The minimum Gasteiger partial charge on any atom is -0.490 e. The Hall–Kier alpha value is -2.22. The Balaban J connectivity index is 2.68. The van der Waals surface area contributed by atoms with Crippen LogP contribution in [-0.4, -0.2) is 37.2 Å². The number of benzene rings is 1. The topological polar surface area (TPSA) is 90.7 Å². The predicted molar refractivity (Wildman–Crippen MR) is 72.6 cm³/mol. The summed E-state index contributed by atoms with van der Waals surface area (Å²) >= 11 is 0. The van der Waals surface area contributed by atoms with Gasteiger partial charge in [-0.25, -0.2) is 4.39 Å². The Bertz CT molecular complexity index is 537. The second kappa shape index (κ2) is 6.98. The first-order chi connectivity index (χ1) is 9.84. The van der Waals surface area contributed by atoms with Gasteiger partial charge in [0.2, 0.25) is 0 Å². The second-order valence-electron chi connectivity index (χ2n) is 4.54. The van der Waals surface area contributed by atoms with Crippen molar-refractivity contribution in [2.24, 2.45) is 0 Å². The third-order valence-electron chi connectivity index (χ3n) is 3.17. The molecule has 21 heavy (non-hydrogen) atoms. The second-order valence-corrected chi connectivity index (χ2v) is 4.54. The van der Waals surface area contributed by atoms with E-state index in [0.29, 0.717) is 0 Å². The van der Waals surface area contributed by atoms with Gasteiger partial charge in [0.05, 0.1) is 24.7 Å². The van der Waals surface area contributed by atoms with Gasteiger partial charge in [-0.15, -0.1) is 0 Å². The first kappa shape index (κ1) is 16.8. The molecule has 0 aliphatic heterocycles. The van der Waals surface area contributed by atoms with Crippen LogP contribution in [0.15, 0.2) is 18.2 Å². The molecule has 1 unspecified atom stereocenters. The molecule has 0 heterocycles. The maximum absolute atomic E-state index is 13.6. The number of rotatable bonds is 7. The van der Waals surface area contributed by atoms with Gasteiger partial charge in [0, 0.05) is 12.5 Å². The van der Waals surface area contributed by atoms with Gasteiger partial charge in [-0.3, -0.25) is 14.9 Å². The average molecular weight is 300 g/mol. The van der Waals surface area contributed by atoms with Crippen LogP contribution in [0, 0.1) is 15.9 Å². The van der Waals surface area contributed by atoms with Crippen LogP contribution in [-0.2, 0) is 9.53 Å². The number of hydrogen-bond donors (Lipinski definition) is 1. The summed E-state index contributed by atoms with van der Waals surface area (Å²) in [5.41, 5.74) is -1.30. The number of ether oxygens (including phenoxy) is 2. The van der Waals surface area contributed by atoms with Crippen LogP contribution < -0.4 is 10.1 Å². The first-order valence-electron chi connectivity index (χ1n) is 6.18. The van der Waals surface area contributed by atoms with Crippen molar-refractivity contribution in [1.82, 2.24) is 5.32 Å². The lowest BCUT2D eigenvalue weighted by Gasteiger charge is -2.25. The first-order valence-corrected chi connectivity index (χ1v) is 6.18. The van der Waals surface area contributed by atoms with Crippen molar-refractivity contribution in [1.29, 1.82) is 0 Å². The number of halogens is 1. The summed E-state index contributed by atoms with van der Waals surface area (Å²) in [4.78, 5) is 21.4. The molecule has 1 aromatic rings. The highest BCUT2D eigenvalue weighted by molar-refractivity contribution is 5.80. The summed E-state index contributed by atoms with van der Waals surface area (Å²) in [5.74, 6) is -1.39. The van der Waals surface area contributed by atoms with Gasteiger partial charge in [-0.05, 0) is 20.0 Å². The molecule has 0 amide bonds. The molecule has 0 spiro atoms. The number of methoxy groups -OCH3 is 1. The van der Waals surface area contributed by atoms with Gasteiger partial charge in [0.25, 0.3) is 5.69 Å². The van der Waals surface area contributed by atoms with Crippen LogP contribution in [0.4, 0.5) is 10.1 Å². The number of nitro benzene ring substituents is 1. The molecular formula is C13H17FN2O5. The summed E-state index contributed by atoms with van der Waals surface area (Å²) in [6, 6.07) is 3.12. The van der Waals surface area contributed by atoms with Crippen molar-refractivity contribution >= 4 is 11.7 Å². The fraction of sp³-hybridized carbons (Fsp3) is 0.462. The number of carbonyl (C=O) groups is 1. The summed E-state index contributed by atoms with van der Waals surface area (Å²) in [7, 11) is 2.87. The zero-order valence-corrected chi connectivity index (χ0v) is 12.0. The standard InChI is InChI=1S/C13H17FN2O5/c1-13(15-2,12(17)20-3)6-7-21-11-5-4-9(16(18)19)8-10(11)14/h4-5,8,15H,6-7H2,1-3H3. The number of likely N-dealkylation sites (N-methyl/N-ethyl adjacent to an activating group) is 1. The molecule has 0 radical (unpaired) electrons. The monoisotopic (exact) mass is 300 g/mol. The van der Waals surface area contributed by atoms with Crippen LogP contribution in [0.5, 0.6) is 5.75 Å². The highest BCUT2D eigenvalue weighted by Gasteiger charge is 2.32. The highest BCUT2D eigenvalue weighted by atomic mass is 19.1. The lowest BCUT2D eigenvalue weighted by Crippen LogP contribution is -2.49. The molecular weight excluding hydrogens is 283 g/mol. The third kappa shape index (κ3) is 4.12. The fourth-order valence-corrected chi connectivity index (χ4v) is 1.64. The van der Waals surface area contributed by atoms with Crippen molar-refractivity contribution < 1.29 is 23.6 Å². The molecule has 116 valence electrons. The molecule has 1 N–H and O–H groups in total. The third-order valence-corrected chi connectivity index (χ3v) is 3.17. The zero-order valence-electron chi connectivity index (χ0n) is 12.0. The van der Waals surface area contributed by atoms with E-state index >= 15 is 0 Å².